The van der Waals surface area contributed by atoms with Crippen molar-refractivity contribution in [1.82, 2.24) is 15.1 Å². The lowest BCUT2D eigenvalue weighted by molar-refractivity contribution is -0.384. The first-order valence-electron chi connectivity index (χ1n) is 9.03. The number of carbonyl (C=O) groups is 1. The number of nitrogens with zero attached hydrogens (tertiary/aromatic N) is 3. The third-order valence-electron chi connectivity index (χ3n) is 4.26. The Kier molecular flexibility index (Phi) is 7.07. The van der Waals surface area contributed by atoms with Crippen molar-refractivity contribution >= 4 is 39.1 Å². The van der Waals surface area contributed by atoms with E-state index in [2.05, 4.69) is 26.3 Å². The maximum Gasteiger partial charge on any atom is 0.271 e. The molecule has 1 N–H and O–H groups in total. The summed E-state index contributed by atoms with van der Waals surface area (Å²) in [5, 5.41) is 18.1. The molecule has 156 valence electrons. The van der Waals surface area contributed by atoms with Crippen molar-refractivity contribution in [3.63, 3.8) is 0 Å². The number of nitrogens with one attached hydrogen (secondary N) is 1. The van der Waals surface area contributed by atoms with Gasteiger partial charge in [0.25, 0.3) is 11.6 Å². The number of halogens is 2. The number of hydrogen-bond acceptors (Lipinski definition) is 5. The van der Waals surface area contributed by atoms with Gasteiger partial charge in [0, 0.05) is 30.4 Å². The normalized spacial score (nSPS) is 10.6. The van der Waals surface area contributed by atoms with Gasteiger partial charge in [0.2, 0.25) is 0 Å². The number of carbonyl (C=O) groups excluding carboxylic acids is 1. The third kappa shape index (κ3) is 5.37. The van der Waals surface area contributed by atoms with E-state index in [4.69, 9.17) is 16.3 Å². The highest BCUT2D eigenvalue weighted by Gasteiger charge is 2.12. The minimum atomic E-state index is -0.520. The lowest BCUT2D eigenvalue weighted by atomic mass is 10.1. The van der Waals surface area contributed by atoms with E-state index in [0.717, 1.165) is 22.3 Å². The zero-order chi connectivity index (χ0) is 21.7. The number of aromatic nitrogens is 2. The average molecular weight is 494 g/mol. The lowest BCUT2D eigenvalue weighted by Gasteiger charge is -2.09. The molecule has 0 radical (unpaired) electrons. The van der Waals surface area contributed by atoms with Crippen molar-refractivity contribution in [2.75, 3.05) is 0 Å². The molecule has 8 nitrogen and oxygen atoms in total. The largest absolute Gasteiger partial charge is 0.487 e. The number of aryl methyl sites for hydroxylation is 1. The van der Waals surface area contributed by atoms with Crippen LogP contribution in [0.3, 0.4) is 0 Å². The zero-order valence-electron chi connectivity index (χ0n) is 16.0. The summed E-state index contributed by atoms with van der Waals surface area (Å²) in [7, 11) is 0. The van der Waals surface area contributed by atoms with Gasteiger partial charge in [-0.05, 0) is 46.6 Å². The van der Waals surface area contributed by atoms with Crippen molar-refractivity contribution in [3.8, 4) is 5.75 Å². The SMILES string of the molecule is CCn1cc(Br)c(CNC(=O)c2ccc(COc3ccc([N+](=O)[O-])cc3Cl)cc2)n1. The Morgan fingerprint density at radius 1 is 1.30 bits per heavy atom. The highest BCUT2D eigenvalue weighted by molar-refractivity contribution is 9.10. The van der Waals surface area contributed by atoms with Crippen molar-refractivity contribution in [1.29, 1.82) is 0 Å². The standard InChI is InChI=1S/C20H18BrClN4O4/c1-2-25-11-16(21)18(24-25)10-23-20(27)14-5-3-13(4-6-14)12-30-19-8-7-15(26(28)29)9-17(19)22/h3-9,11H,2,10,12H2,1H3,(H,23,27). The summed E-state index contributed by atoms with van der Waals surface area (Å²) in [4.78, 5) is 22.6. The fourth-order valence-corrected chi connectivity index (χ4v) is 3.30. The predicted molar refractivity (Wildman–Crippen MR) is 116 cm³/mol. The average Bonchev–Trinajstić information content (AvgIpc) is 3.11. The first-order valence-corrected chi connectivity index (χ1v) is 10.2. The molecule has 0 fully saturated rings. The molecular weight excluding hydrogens is 476 g/mol. The number of hydrogen-bond donors (Lipinski definition) is 1. The van der Waals surface area contributed by atoms with E-state index in [1.54, 1.807) is 28.9 Å². The van der Waals surface area contributed by atoms with Crippen LogP contribution in [-0.4, -0.2) is 20.6 Å². The monoisotopic (exact) mass is 492 g/mol. The second-order valence-corrected chi connectivity index (χ2v) is 7.58. The quantitative estimate of drug-likeness (QED) is 0.361. The van der Waals surface area contributed by atoms with Crippen molar-refractivity contribution in [2.24, 2.45) is 0 Å². The predicted octanol–water partition coefficient (Wildman–Crippen LogP) is 4.74. The topological polar surface area (TPSA) is 99.3 Å². The van der Waals surface area contributed by atoms with E-state index in [0.29, 0.717) is 17.9 Å². The summed E-state index contributed by atoms with van der Waals surface area (Å²) < 4.78 is 8.26. The number of amides is 1. The van der Waals surface area contributed by atoms with Gasteiger partial charge in [-0.1, -0.05) is 23.7 Å². The maximum absolute atomic E-state index is 12.4. The minimum absolute atomic E-state index is 0.101. The second-order valence-electron chi connectivity index (χ2n) is 6.32. The summed E-state index contributed by atoms with van der Waals surface area (Å²) in [6.45, 7) is 3.26. The van der Waals surface area contributed by atoms with Crippen LogP contribution in [0.15, 0.2) is 53.1 Å². The molecule has 0 saturated heterocycles. The molecule has 0 aliphatic carbocycles. The van der Waals surface area contributed by atoms with Gasteiger partial charge in [0.15, 0.2) is 0 Å². The smallest absolute Gasteiger partial charge is 0.271 e. The number of non-ortho nitro benzene ring substituents is 1. The van der Waals surface area contributed by atoms with Crippen LogP contribution in [0.4, 0.5) is 5.69 Å². The number of nitro groups is 1. The van der Waals surface area contributed by atoms with Gasteiger partial charge in [-0.15, -0.1) is 0 Å². The highest BCUT2D eigenvalue weighted by Crippen LogP contribution is 2.29. The van der Waals surface area contributed by atoms with Crippen LogP contribution < -0.4 is 10.1 Å². The van der Waals surface area contributed by atoms with Gasteiger partial charge in [-0.3, -0.25) is 19.6 Å². The van der Waals surface area contributed by atoms with E-state index in [-0.39, 0.29) is 23.2 Å². The summed E-state index contributed by atoms with van der Waals surface area (Å²) in [6, 6.07) is 11.0. The zero-order valence-corrected chi connectivity index (χ0v) is 18.3. The van der Waals surface area contributed by atoms with Crippen LogP contribution in [0.2, 0.25) is 5.02 Å². The van der Waals surface area contributed by atoms with Crippen LogP contribution in [0, 0.1) is 10.1 Å². The van der Waals surface area contributed by atoms with Crippen LogP contribution in [0.25, 0.3) is 0 Å². The van der Waals surface area contributed by atoms with Gasteiger partial charge in [-0.2, -0.15) is 5.10 Å². The Morgan fingerprint density at radius 3 is 2.63 bits per heavy atom. The number of rotatable bonds is 8. The van der Waals surface area contributed by atoms with Gasteiger partial charge >= 0.3 is 0 Å². The van der Waals surface area contributed by atoms with E-state index in [9.17, 15) is 14.9 Å². The lowest BCUT2D eigenvalue weighted by Crippen LogP contribution is -2.23. The number of ether oxygens (including phenoxy) is 1. The molecule has 1 heterocycles. The highest BCUT2D eigenvalue weighted by atomic mass is 79.9. The fraction of sp³-hybridized carbons (Fsp3) is 0.200. The molecule has 0 atom stereocenters. The van der Waals surface area contributed by atoms with E-state index in [1.165, 1.54) is 18.2 Å². The molecule has 0 saturated carbocycles. The van der Waals surface area contributed by atoms with Gasteiger partial charge in [-0.25, -0.2) is 0 Å². The Hall–Kier alpha value is -2.91. The van der Waals surface area contributed by atoms with Gasteiger partial charge < -0.3 is 10.1 Å². The van der Waals surface area contributed by atoms with E-state index in [1.807, 2.05) is 13.1 Å². The molecule has 0 unspecified atom stereocenters. The summed E-state index contributed by atoms with van der Waals surface area (Å²) >= 11 is 9.46. The number of nitro benzene ring substituents is 1. The molecule has 30 heavy (non-hydrogen) atoms. The molecule has 0 aliphatic rings. The molecule has 0 spiro atoms. The second kappa shape index (κ2) is 9.73. The number of benzene rings is 2. The first-order chi connectivity index (χ1) is 14.4. The Bertz CT molecular complexity index is 1070. The Labute approximate surface area is 186 Å². The molecule has 1 amide bonds. The minimum Gasteiger partial charge on any atom is -0.487 e. The first kappa shape index (κ1) is 21.8. The molecular formula is C20H18BrClN4O4. The van der Waals surface area contributed by atoms with Crippen molar-refractivity contribution < 1.29 is 14.5 Å². The maximum atomic E-state index is 12.4. The molecule has 0 aliphatic heterocycles. The Balaban J connectivity index is 1.56. The van der Waals surface area contributed by atoms with E-state index >= 15 is 0 Å². The molecule has 1 aromatic heterocycles. The van der Waals surface area contributed by atoms with E-state index < -0.39 is 4.92 Å². The van der Waals surface area contributed by atoms with Crippen LogP contribution >= 0.6 is 27.5 Å². The van der Waals surface area contributed by atoms with Crippen LogP contribution in [0.5, 0.6) is 5.75 Å². The molecule has 0 bridgehead atoms. The van der Waals surface area contributed by atoms with Crippen molar-refractivity contribution in [2.45, 2.75) is 26.6 Å². The third-order valence-corrected chi connectivity index (χ3v) is 5.22. The fourth-order valence-electron chi connectivity index (χ4n) is 2.62. The molecule has 2 aromatic carbocycles. The molecule has 3 aromatic rings. The van der Waals surface area contributed by atoms with Gasteiger partial charge in [0.05, 0.1) is 26.7 Å². The molecule has 10 heteroatoms. The summed E-state index contributed by atoms with van der Waals surface area (Å²) in [6.07, 6.45) is 1.87. The van der Waals surface area contributed by atoms with Crippen LogP contribution in [-0.2, 0) is 19.7 Å². The summed E-state index contributed by atoms with van der Waals surface area (Å²) in [5.41, 5.74) is 2.00. The van der Waals surface area contributed by atoms with Gasteiger partial charge in [0.1, 0.15) is 12.4 Å². The Morgan fingerprint density at radius 2 is 2.03 bits per heavy atom. The van der Waals surface area contributed by atoms with Crippen molar-refractivity contribution in [3.05, 3.63) is 85.1 Å². The summed E-state index contributed by atoms with van der Waals surface area (Å²) in [5.74, 6) is 0.139. The van der Waals surface area contributed by atoms with Crippen LogP contribution in [0.1, 0.15) is 28.5 Å². The molecule has 3 rings (SSSR count).